The topological polar surface area (TPSA) is 122 Å². The third kappa shape index (κ3) is 6.21. The summed E-state index contributed by atoms with van der Waals surface area (Å²) in [6.07, 6.45) is 0.887. The van der Waals surface area contributed by atoms with Crippen LogP contribution in [0.4, 0.5) is 11.4 Å². The van der Waals surface area contributed by atoms with E-state index in [0.717, 1.165) is 6.42 Å². The number of methoxy groups -OCH3 is 1. The van der Waals surface area contributed by atoms with Crippen LogP contribution in [0.2, 0.25) is 0 Å². The largest absolute Gasteiger partial charge is 0.494 e. The number of anilines is 1. The molecule has 1 aromatic rings. The van der Waals surface area contributed by atoms with Crippen LogP contribution in [0.3, 0.4) is 0 Å². The number of carbonyl (C=O) groups excluding carboxylic acids is 1. The van der Waals surface area contributed by atoms with Crippen molar-refractivity contribution in [1.82, 2.24) is 4.90 Å². The van der Waals surface area contributed by atoms with Crippen molar-refractivity contribution >= 4 is 23.3 Å². The molecule has 0 heterocycles. The van der Waals surface area contributed by atoms with Gasteiger partial charge in [0.2, 0.25) is 5.91 Å². The molecule has 1 aromatic carbocycles. The number of hydrogen-bond acceptors (Lipinski definition) is 6. The highest BCUT2D eigenvalue weighted by Gasteiger charge is 2.15. The number of aliphatic carboxylic acids is 1. The molecule has 1 amide bonds. The van der Waals surface area contributed by atoms with Crippen LogP contribution in [-0.4, -0.2) is 53.6 Å². The number of carboxylic acids is 1. The number of hydrogen-bond donors (Lipinski definition) is 2. The van der Waals surface area contributed by atoms with Gasteiger partial charge in [0.25, 0.3) is 5.69 Å². The van der Waals surface area contributed by atoms with Crippen LogP contribution in [0.25, 0.3) is 0 Å². The summed E-state index contributed by atoms with van der Waals surface area (Å²) in [5, 5.41) is 22.2. The zero-order valence-electron chi connectivity index (χ0n) is 13.7. The molecule has 9 heteroatoms. The first-order valence-electron chi connectivity index (χ1n) is 7.43. The van der Waals surface area contributed by atoms with Gasteiger partial charge in [-0.15, -0.1) is 0 Å². The second-order valence-corrected chi connectivity index (χ2v) is 5.11. The first-order chi connectivity index (χ1) is 11.4. The molecule has 0 aromatic heterocycles. The molecule has 0 aliphatic heterocycles. The molecule has 0 aliphatic rings. The van der Waals surface area contributed by atoms with Crippen LogP contribution < -0.4 is 10.1 Å². The van der Waals surface area contributed by atoms with E-state index < -0.39 is 10.9 Å². The fourth-order valence-corrected chi connectivity index (χ4v) is 2.15. The van der Waals surface area contributed by atoms with Crippen molar-refractivity contribution in [2.75, 3.05) is 32.1 Å². The van der Waals surface area contributed by atoms with Crippen molar-refractivity contribution in [2.45, 2.75) is 19.8 Å². The number of benzene rings is 1. The number of rotatable bonds is 10. The summed E-state index contributed by atoms with van der Waals surface area (Å²) in [5.74, 6) is -1.08. The second kappa shape index (κ2) is 9.46. The number of nitrogens with one attached hydrogen (secondary N) is 1. The lowest BCUT2D eigenvalue weighted by molar-refractivity contribution is -0.384. The monoisotopic (exact) mass is 339 g/mol. The minimum absolute atomic E-state index is 0.105. The van der Waals surface area contributed by atoms with Crippen LogP contribution in [-0.2, 0) is 9.59 Å². The SMILES string of the molecule is CCCN(CCC(=O)Nc1ccc([N+](=O)[O-])cc1OC)CC(=O)O. The smallest absolute Gasteiger partial charge is 0.317 e. The Morgan fingerprint density at radius 1 is 1.38 bits per heavy atom. The maximum atomic E-state index is 12.0. The molecule has 24 heavy (non-hydrogen) atoms. The van der Waals surface area contributed by atoms with E-state index in [0.29, 0.717) is 18.8 Å². The summed E-state index contributed by atoms with van der Waals surface area (Å²) in [6.45, 7) is 2.69. The van der Waals surface area contributed by atoms with Crippen LogP contribution >= 0.6 is 0 Å². The van der Waals surface area contributed by atoms with Crippen molar-refractivity contribution in [3.05, 3.63) is 28.3 Å². The van der Waals surface area contributed by atoms with Crippen LogP contribution in [0.15, 0.2) is 18.2 Å². The molecule has 0 saturated heterocycles. The van der Waals surface area contributed by atoms with E-state index in [1.54, 1.807) is 4.90 Å². The molecule has 9 nitrogen and oxygen atoms in total. The Hall–Kier alpha value is -2.68. The second-order valence-electron chi connectivity index (χ2n) is 5.11. The van der Waals surface area contributed by atoms with Crippen molar-refractivity contribution in [3.8, 4) is 5.75 Å². The van der Waals surface area contributed by atoms with E-state index in [-0.39, 0.29) is 30.3 Å². The summed E-state index contributed by atoms with van der Waals surface area (Å²) >= 11 is 0. The first kappa shape index (κ1) is 19.4. The minimum Gasteiger partial charge on any atom is -0.494 e. The van der Waals surface area contributed by atoms with Crippen molar-refractivity contribution in [1.29, 1.82) is 0 Å². The third-order valence-electron chi connectivity index (χ3n) is 3.22. The lowest BCUT2D eigenvalue weighted by Gasteiger charge is -2.19. The summed E-state index contributed by atoms with van der Waals surface area (Å²) in [4.78, 5) is 34.7. The zero-order valence-corrected chi connectivity index (χ0v) is 13.7. The van der Waals surface area contributed by atoms with Gasteiger partial charge in [0.05, 0.1) is 30.3 Å². The van der Waals surface area contributed by atoms with Gasteiger partial charge in [-0.05, 0) is 19.0 Å². The van der Waals surface area contributed by atoms with Gasteiger partial charge < -0.3 is 15.2 Å². The average molecular weight is 339 g/mol. The van der Waals surface area contributed by atoms with Crippen molar-refractivity contribution in [2.24, 2.45) is 0 Å². The van der Waals surface area contributed by atoms with E-state index in [1.807, 2.05) is 6.92 Å². The number of carbonyl (C=O) groups is 2. The molecular weight excluding hydrogens is 318 g/mol. The lowest BCUT2D eigenvalue weighted by Crippen LogP contribution is -2.33. The van der Waals surface area contributed by atoms with Crippen molar-refractivity contribution < 1.29 is 24.4 Å². The average Bonchev–Trinajstić information content (AvgIpc) is 2.52. The predicted octanol–water partition coefficient (Wildman–Crippen LogP) is 1.73. The predicted molar refractivity (Wildman–Crippen MR) is 87.3 cm³/mol. The Labute approximate surface area is 139 Å². The number of ether oxygens (including phenoxy) is 1. The number of amides is 1. The molecule has 132 valence electrons. The number of nitro benzene ring substituents is 1. The highest BCUT2D eigenvalue weighted by Crippen LogP contribution is 2.29. The molecular formula is C15H21N3O6. The van der Waals surface area contributed by atoms with Crippen LogP contribution in [0, 0.1) is 10.1 Å². The van der Waals surface area contributed by atoms with Crippen LogP contribution in [0.5, 0.6) is 5.75 Å². The van der Waals surface area contributed by atoms with E-state index >= 15 is 0 Å². The highest BCUT2D eigenvalue weighted by atomic mass is 16.6. The number of carboxylic acid groups (broad SMARTS) is 1. The van der Waals surface area contributed by atoms with E-state index in [9.17, 15) is 19.7 Å². The summed E-state index contributed by atoms with van der Waals surface area (Å²) in [5.41, 5.74) is 0.189. The molecule has 0 atom stereocenters. The number of nitro groups is 1. The van der Waals surface area contributed by atoms with E-state index in [2.05, 4.69) is 5.32 Å². The Bertz CT molecular complexity index is 605. The van der Waals surface area contributed by atoms with Gasteiger partial charge in [-0.3, -0.25) is 24.6 Å². The maximum Gasteiger partial charge on any atom is 0.317 e. The summed E-state index contributed by atoms with van der Waals surface area (Å²) < 4.78 is 5.05. The minimum atomic E-state index is -0.944. The quantitative estimate of drug-likeness (QED) is 0.491. The molecule has 0 fully saturated rings. The van der Waals surface area contributed by atoms with Gasteiger partial charge in [0, 0.05) is 19.0 Å². The van der Waals surface area contributed by atoms with Crippen molar-refractivity contribution in [3.63, 3.8) is 0 Å². The van der Waals surface area contributed by atoms with Gasteiger partial charge in [0.15, 0.2) is 0 Å². The van der Waals surface area contributed by atoms with E-state index in [1.165, 1.54) is 25.3 Å². The third-order valence-corrected chi connectivity index (χ3v) is 3.22. The fourth-order valence-electron chi connectivity index (χ4n) is 2.15. The Morgan fingerprint density at radius 2 is 2.08 bits per heavy atom. The Morgan fingerprint density at radius 3 is 2.62 bits per heavy atom. The standard InChI is InChI=1S/C15H21N3O6/c1-3-7-17(10-15(20)21)8-6-14(19)16-12-5-4-11(18(22)23)9-13(12)24-2/h4-5,9H,3,6-8,10H2,1-2H3,(H,16,19)(H,20,21). The molecule has 0 unspecified atom stereocenters. The van der Waals surface area contributed by atoms with Gasteiger partial charge >= 0.3 is 5.97 Å². The van der Waals surface area contributed by atoms with Gasteiger partial charge in [-0.1, -0.05) is 6.92 Å². The Kier molecular flexibility index (Phi) is 7.63. The molecule has 0 spiro atoms. The zero-order chi connectivity index (χ0) is 18.1. The fraction of sp³-hybridized carbons (Fsp3) is 0.467. The lowest BCUT2D eigenvalue weighted by atomic mass is 10.2. The van der Waals surface area contributed by atoms with Gasteiger partial charge in [-0.2, -0.15) is 0 Å². The summed E-state index contributed by atoms with van der Waals surface area (Å²) in [6, 6.07) is 3.89. The molecule has 0 radical (unpaired) electrons. The molecule has 2 N–H and O–H groups in total. The van der Waals surface area contributed by atoms with Crippen LogP contribution in [0.1, 0.15) is 19.8 Å². The normalized spacial score (nSPS) is 10.5. The maximum absolute atomic E-state index is 12.0. The van der Waals surface area contributed by atoms with E-state index in [4.69, 9.17) is 9.84 Å². The van der Waals surface area contributed by atoms with Gasteiger partial charge in [0.1, 0.15) is 5.75 Å². The molecule has 0 saturated carbocycles. The summed E-state index contributed by atoms with van der Waals surface area (Å²) in [7, 11) is 1.35. The highest BCUT2D eigenvalue weighted by molar-refractivity contribution is 5.92. The number of non-ortho nitro benzene ring substituents is 1. The molecule has 0 aliphatic carbocycles. The van der Waals surface area contributed by atoms with Gasteiger partial charge in [-0.25, -0.2) is 0 Å². The Balaban J connectivity index is 2.67. The molecule has 0 bridgehead atoms. The molecule has 1 rings (SSSR count). The first-order valence-corrected chi connectivity index (χ1v) is 7.43. The number of nitrogens with zero attached hydrogens (tertiary/aromatic N) is 2.